The predicted octanol–water partition coefficient (Wildman–Crippen LogP) is 5.14. The molecule has 0 aliphatic carbocycles. The molecule has 0 saturated heterocycles. The molecule has 1 aromatic carbocycles. The van der Waals surface area contributed by atoms with Gasteiger partial charge in [0.25, 0.3) is 0 Å². The molecular weight excluding hydrogens is 258 g/mol. The van der Waals surface area contributed by atoms with Gasteiger partial charge in [0.1, 0.15) is 5.75 Å². The summed E-state index contributed by atoms with van der Waals surface area (Å²) in [5, 5.41) is 3.52. The third-order valence-electron chi connectivity index (χ3n) is 3.83. The van der Waals surface area contributed by atoms with Gasteiger partial charge in [-0.25, -0.2) is 0 Å². The molecule has 120 valence electrons. The molecule has 21 heavy (non-hydrogen) atoms. The van der Waals surface area contributed by atoms with Crippen molar-refractivity contribution in [3.63, 3.8) is 0 Å². The monoisotopic (exact) mass is 291 g/mol. The van der Waals surface area contributed by atoms with Crippen LogP contribution >= 0.6 is 0 Å². The van der Waals surface area contributed by atoms with Crippen LogP contribution in [0.25, 0.3) is 0 Å². The lowest BCUT2D eigenvalue weighted by Gasteiger charge is -2.22. The Morgan fingerprint density at radius 3 is 2.43 bits per heavy atom. The first-order valence-electron chi connectivity index (χ1n) is 8.34. The smallest absolute Gasteiger partial charge is 0.123 e. The highest BCUT2D eigenvalue weighted by Gasteiger charge is 2.13. The van der Waals surface area contributed by atoms with Crippen LogP contribution in [0.2, 0.25) is 0 Å². The first kappa shape index (κ1) is 18.0. The van der Waals surface area contributed by atoms with E-state index in [9.17, 15) is 0 Å². The Morgan fingerprint density at radius 2 is 1.81 bits per heavy atom. The van der Waals surface area contributed by atoms with Crippen molar-refractivity contribution in [1.29, 1.82) is 0 Å². The van der Waals surface area contributed by atoms with Gasteiger partial charge in [-0.05, 0) is 71.0 Å². The van der Waals surface area contributed by atoms with Crippen molar-refractivity contribution in [3.05, 3.63) is 29.8 Å². The van der Waals surface area contributed by atoms with E-state index in [-0.39, 0.29) is 11.6 Å². The van der Waals surface area contributed by atoms with Gasteiger partial charge >= 0.3 is 0 Å². The Hall–Kier alpha value is -1.02. The van der Waals surface area contributed by atoms with Gasteiger partial charge in [-0.3, -0.25) is 0 Å². The molecule has 0 aliphatic heterocycles. The molecule has 0 aromatic heterocycles. The van der Waals surface area contributed by atoms with E-state index < -0.39 is 0 Å². The Kier molecular flexibility index (Phi) is 7.24. The topological polar surface area (TPSA) is 21.3 Å². The number of para-hydroxylation sites is 1. The molecule has 0 amide bonds. The first-order valence-corrected chi connectivity index (χ1v) is 8.34. The summed E-state index contributed by atoms with van der Waals surface area (Å²) in [6, 6.07) is 8.46. The Morgan fingerprint density at radius 1 is 1.14 bits per heavy atom. The minimum Gasteiger partial charge on any atom is -0.490 e. The normalized spacial score (nSPS) is 14.8. The first-order chi connectivity index (χ1) is 9.83. The standard InChI is InChI=1S/C19H33NO/c1-7-15(2)17-12-8-9-13-18(17)21-16(3)11-10-14-20-19(4,5)6/h8-9,12-13,15-16,20H,7,10-11,14H2,1-6H3. The maximum atomic E-state index is 6.17. The molecule has 2 nitrogen and oxygen atoms in total. The molecule has 1 N–H and O–H groups in total. The predicted molar refractivity (Wildman–Crippen MR) is 92.2 cm³/mol. The molecule has 2 unspecified atom stereocenters. The average molecular weight is 291 g/mol. The highest BCUT2D eigenvalue weighted by molar-refractivity contribution is 5.36. The zero-order valence-corrected chi connectivity index (χ0v) is 14.7. The van der Waals surface area contributed by atoms with Gasteiger partial charge in [0.15, 0.2) is 0 Å². The third kappa shape index (κ3) is 6.99. The van der Waals surface area contributed by atoms with Gasteiger partial charge in [-0.2, -0.15) is 0 Å². The fraction of sp³-hybridized carbons (Fsp3) is 0.684. The lowest BCUT2D eigenvalue weighted by Crippen LogP contribution is -2.36. The number of benzene rings is 1. The van der Waals surface area contributed by atoms with Gasteiger partial charge in [-0.15, -0.1) is 0 Å². The van der Waals surface area contributed by atoms with E-state index >= 15 is 0 Å². The van der Waals surface area contributed by atoms with E-state index in [0.29, 0.717) is 5.92 Å². The minimum absolute atomic E-state index is 0.202. The summed E-state index contributed by atoms with van der Waals surface area (Å²) in [6.45, 7) is 14.3. The van der Waals surface area contributed by atoms with Crippen LogP contribution in [0, 0.1) is 0 Å². The van der Waals surface area contributed by atoms with E-state index in [1.54, 1.807) is 0 Å². The fourth-order valence-electron chi connectivity index (χ4n) is 2.34. The zero-order chi connectivity index (χ0) is 15.9. The molecule has 1 aromatic rings. The van der Waals surface area contributed by atoms with Gasteiger partial charge in [0.05, 0.1) is 6.10 Å². The van der Waals surface area contributed by atoms with Crippen molar-refractivity contribution in [1.82, 2.24) is 5.32 Å². The second kappa shape index (κ2) is 8.43. The Balaban J connectivity index is 2.46. The van der Waals surface area contributed by atoms with Crippen LogP contribution in [0.15, 0.2) is 24.3 Å². The summed E-state index contributed by atoms with van der Waals surface area (Å²) < 4.78 is 6.17. The lowest BCUT2D eigenvalue weighted by atomic mass is 9.98. The summed E-state index contributed by atoms with van der Waals surface area (Å²) in [6.07, 6.45) is 3.63. The highest BCUT2D eigenvalue weighted by atomic mass is 16.5. The second-order valence-electron chi connectivity index (χ2n) is 7.09. The third-order valence-corrected chi connectivity index (χ3v) is 3.83. The molecule has 0 heterocycles. The average Bonchev–Trinajstić information content (AvgIpc) is 2.42. The van der Waals surface area contributed by atoms with Crippen molar-refractivity contribution in [2.24, 2.45) is 0 Å². The summed E-state index contributed by atoms with van der Waals surface area (Å²) in [7, 11) is 0. The molecule has 0 fully saturated rings. The van der Waals surface area contributed by atoms with Crippen LogP contribution in [0.5, 0.6) is 5.75 Å². The lowest BCUT2D eigenvalue weighted by molar-refractivity contribution is 0.203. The summed E-state index contributed by atoms with van der Waals surface area (Å²) in [5.74, 6) is 1.61. The van der Waals surface area contributed by atoms with E-state index in [1.165, 1.54) is 5.56 Å². The molecule has 2 heteroatoms. The zero-order valence-electron chi connectivity index (χ0n) is 14.7. The highest BCUT2D eigenvalue weighted by Crippen LogP contribution is 2.29. The van der Waals surface area contributed by atoms with Crippen LogP contribution < -0.4 is 10.1 Å². The molecule has 0 aliphatic rings. The van der Waals surface area contributed by atoms with E-state index in [2.05, 4.69) is 71.1 Å². The largest absolute Gasteiger partial charge is 0.490 e. The van der Waals surface area contributed by atoms with Crippen LogP contribution in [0.4, 0.5) is 0 Å². The van der Waals surface area contributed by atoms with Crippen molar-refractivity contribution in [2.45, 2.75) is 78.4 Å². The molecular formula is C19H33NO. The number of hydrogen-bond acceptors (Lipinski definition) is 2. The van der Waals surface area contributed by atoms with Crippen LogP contribution in [-0.4, -0.2) is 18.2 Å². The van der Waals surface area contributed by atoms with Crippen molar-refractivity contribution < 1.29 is 4.74 Å². The van der Waals surface area contributed by atoms with E-state index in [1.807, 2.05) is 0 Å². The molecule has 0 saturated carbocycles. The molecule has 1 rings (SSSR count). The molecule has 0 spiro atoms. The van der Waals surface area contributed by atoms with Crippen molar-refractivity contribution in [2.75, 3.05) is 6.54 Å². The number of ether oxygens (including phenoxy) is 1. The number of rotatable bonds is 8. The Labute approximate surface area is 131 Å². The van der Waals surface area contributed by atoms with Crippen molar-refractivity contribution >= 4 is 0 Å². The van der Waals surface area contributed by atoms with E-state index in [0.717, 1.165) is 31.6 Å². The maximum absolute atomic E-state index is 6.17. The molecule has 0 radical (unpaired) electrons. The number of hydrogen-bond donors (Lipinski definition) is 1. The van der Waals surface area contributed by atoms with Crippen LogP contribution in [0.3, 0.4) is 0 Å². The minimum atomic E-state index is 0.202. The van der Waals surface area contributed by atoms with Crippen LogP contribution in [-0.2, 0) is 0 Å². The van der Waals surface area contributed by atoms with Gasteiger partial charge in [0.2, 0.25) is 0 Å². The number of nitrogens with one attached hydrogen (secondary N) is 1. The second-order valence-corrected chi connectivity index (χ2v) is 7.09. The SMILES string of the molecule is CCC(C)c1ccccc1OC(C)CCCNC(C)(C)C. The van der Waals surface area contributed by atoms with Gasteiger partial charge < -0.3 is 10.1 Å². The Bertz CT molecular complexity index is 408. The van der Waals surface area contributed by atoms with Crippen molar-refractivity contribution in [3.8, 4) is 5.75 Å². The van der Waals surface area contributed by atoms with Gasteiger partial charge in [-0.1, -0.05) is 32.0 Å². The van der Waals surface area contributed by atoms with Crippen LogP contribution in [0.1, 0.15) is 72.3 Å². The molecule has 2 atom stereocenters. The fourth-order valence-corrected chi connectivity index (χ4v) is 2.34. The quantitative estimate of drug-likeness (QED) is 0.670. The maximum Gasteiger partial charge on any atom is 0.123 e. The van der Waals surface area contributed by atoms with Gasteiger partial charge in [0, 0.05) is 5.54 Å². The van der Waals surface area contributed by atoms with E-state index in [4.69, 9.17) is 4.74 Å². The summed E-state index contributed by atoms with van der Waals surface area (Å²) in [4.78, 5) is 0. The summed E-state index contributed by atoms with van der Waals surface area (Å²) >= 11 is 0. The summed E-state index contributed by atoms with van der Waals surface area (Å²) in [5.41, 5.74) is 1.53. The molecule has 0 bridgehead atoms.